The fourth-order valence-electron chi connectivity index (χ4n) is 1.31. The second-order valence-corrected chi connectivity index (χ2v) is 3.41. The molecule has 2 N–H and O–H groups in total. The molecule has 0 amide bonds. The first-order valence-electron chi connectivity index (χ1n) is 4.05. The van der Waals surface area contributed by atoms with Crippen LogP contribution in [0.2, 0.25) is 0 Å². The monoisotopic (exact) mass is 143 g/mol. The molecule has 0 spiro atoms. The highest BCUT2D eigenvalue weighted by Gasteiger charge is 2.31. The maximum Gasteiger partial charge on any atom is 0.0801 e. The van der Waals surface area contributed by atoms with Gasteiger partial charge >= 0.3 is 0 Å². The van der Waals surface area contributed by atoms with E-state index in [4.69, 9.17) is 10.5 Å². The van der Waals surface area contributed by atoms with Gasteiger partial charge in [-0.25, -0.2) is 0 Å². The van der Waals surface area contributed by atoms with Crippen molar-refractivity contribution in [3.63, 3.8) is 0 Å². The number of rotatable bonds is 1. The molecule has 1 fully saturated rings. The van der Waals surface area contributed by atoms with E-state index in [1.165, 1.54) is 12.8 Å². The summed E-state index contributed by atoms with van der Waals surface area (Å²) in [5.41, 5.74) is 5.73. The predicted octanol–water partition coefficient (Wildman–Crippen LogP) is 1.29. The van der Waals surface area contributed by atoms with Gasteiger partial charge in [0.15, 0.2) is 0 Å². The first kappa shape index (κ1) is 8.02. The van der Waals surface area contributed by atoms with Crippen LogP contribution in [0.15, 0.2) is 0 Å². The van der Waals surface area contributed by atoms with Crippen molar-refractivity contribution in [2.24, 2.45) is 5.73 Å². The highest BCUT2D eigenvalue weighted by atomic mass is 16.5. The van der Waals surface area contributed by atoms with Gasteiger partial charge in [-0.15, -0.1) is 0 Å². The molecular weight excluding hydrogens is 126 g/mol. The van der Waals surface area contributed by atoms with E-state index in [0.717, 1.165) is 13.0 Å². The quantitative estimate of drug-likeness (QED) is 0.600. The molecule has 10 heavy (non-hydrogen) atoms. The molecule has 0 aromatic carbocycles. The topological polar surface area (TPSA) is 35.2 Å². The lowest BCUT2D eigenvalue weighted by molar-refractivity contribution is -0.0775. The van der Waals surface area contributed by atoms with Crippen molar-refractivity contribution >= 4 is 0 Å². The van der Waals surface area contributed by atoms with Crippen LogP contribution in [-0.2, 0) is 4.74 Å². The van der Waals surface area contributed by atoms with E-state index in [0.29, 0.717) is 0 Å². The second-order valence-electron chi connectivity index (χ2n) is 3.41. The SMILES string of the molecule is C[C@H](N)C1(C)CCCCO1. The largest absolute Gasteiger partial charge is 0.374 e. The third kappa shape index (κ3) is 1.50. The molecule has 2 atom stereocenters. The van der Waals surface area contributed by atoms with Gasteiger partial charge in [-0.05, 0) is 33.1 Å². The van der Waals surface area contributed by atoms with E-state index in [9.17, 15) is 0 Å². The Labute approximate surface area is 62.7 Å². The first-order chi connectivity index (χ1) is 4.65. The third-order valence-electron chi connectivity index (χ3n) is 2.46. The highest BCUT2D eigenvalue weighted by Crippen LogP contribution is 2.26. The van der Waals surface area contributed by atoms with Gasteiger partial charge in [0.25, 0.3) is 0 Å². The summed E-state index contributed by atoms with van der Waals surface area (Å²) in [5.74, 6) is 0. The Balaban J connectivity index is 2.48. The minimum absolute atomic E-state index is 0.0434. The molecule has 1 unspecified atom stereocenters. The molecule has 0 aromatic rings. The Morgan fingerprint density at radius 2 is 2.20 bits per heavy atom. The normalized spacial score (nSPS) is 37.5. The molecule has 0 radical (unpaired) electrons. The van der Waals surface area contributed by atoms with Gasteiger partial charge in [-0.3, -0.25) is 0 Å². The summed E-state index contributed by atoms with van der Waals surface area (Å²) in [4.78, 5) is 0. The lowest BCUT2D eigenvalue weighted by Gasteiger charge is -2.37. The molecule has 1 heterocycles. The zero-order valence-electron chi connectivity index (χ0n) is 6.89. The summed E-state index contributed by atoms with van der Waals surface area (Å²) in [5, 5.41) is 0. The maximum absolute atomic E-state index is 5.78. The summed E-state index contributed by atoms with van der Waals surface area (Å²) in [6.45, 7) is 5.01. The van der Waals surface area contributed by atoms with Crippen LogP contribution in [0.3, 0.4) is 0 Å². The molecule has 1 rings (SSSR count). The molecule has 1 aliphatic heterocycles. The molecule has 2 heteroatoms. The maximum atomic E-state index is 5.78. The van der Waals surface area contributed by atoms with Crippen molar-refractivity contribution in [3.8, 4) is 0 Å². The van der Waals surface area contributed by atoms with Crippen LogP contribution in [0.5, 0.6) is 0 Å². The van der Waals surface area contributed by atoms with Gasteiger partial charge in [0.05, 0.1) is 5.60 Å². The van der Waals surface area contributed by atoms with E-state index >= 15 is 0 Å². The van der Waals surface area contributed by atoms with Crippen LogP contribution < -0.4 is 5.73 Å². The lowest BCUT2D eigenvalue weighted by atomic mass is 9.90. The number of ether oxygens (including phenoxy) is 1. The van der Waals surface area contributed by atoms with Crippen LogP contribution in [0.4, 0.5) is 0 Å². The number of nitrogens with two attached hydrogens (primary N) is 1. The van der Waals surface area contributed by atoms with Crippen molar-refractivity contribution in [2.45, 2.75) is 44.8 Å². The second kappa shape index (κ2) is 2.89. The lowest BCUT2D eigenvalue weighted by Crippen LogP contribution is -2.47. The molecule has 0 saturated carbocycles. The van der Waals surface area contributed by atoms with Gasteiger partial charge in [0, 0.05) is 12.6 Å². The zero-order chi connectivity index (χ0) is 7.61. The Hall–Kier alpha value is -0.0800. The minimum atomic E-state index is -0.0434. The van der Waals surface area contributed by atoms with Gasteiger partial charge in [0.2, 0.25) is 0 Å². The molecule has 0 aromatic heterocycles. The molecule has 0 aliphatic carbocycles. The standard InChI is InChI=1S/C8H17NO/c1-7(9)8(2)5-3-4-6-10-8/h7H,3-6,9H2,1-2H3/t7-,8?/m0/s1. The molecule has 0 bridgehead atoms. The Kier molecular flexibility index (Phi) is 2.32. The first-order valence-corrected chi connectivity index (χ1v) is 4.05. The fourth-order valence-corrected chi connectivity index (χ4v) is 1.31. The van der Waals surface area contributed by atoms with Crippen LogP contribution in [0, 0.1) is 0 Å². The van der Waals surface area contributed by atoms with E-state index in [-0.39, 0.29) is 11.6 Å². The highest BCUT2D eigenvalue weighted by molar-refractivity contribution is 4.86. The van der Waals surface area contributed by atoms with Crippen molar-refractivity contribution < 1.29 is 4.74 Å². The van der Waals surface area contributed by atoms with Gasteiger partial charge in [-0.1, -0.05) is 0 Å². The Morgan fingerprint density at radius 1 is 1.50 bits per heavy atom. The van der Waals surface area contributed by atoms with Gasteiger partial charge in [-0.2, -0.15) is 0 Å². The molecule has 1 aliphatic rings. The van der Waals surface area contributed by atoms with Gasteiger partial charge < -0.3 is 10.5 Å². The average Bonchev–Trinajstić information content (AvgIpc) is 1.89. The van der Waals surface area contributed by atoms with Crippen molar-refractivity contribution in [1.29, 1.82) is 0 Å². The van der Waals surface area contributed by atoms with Crippen molar-refractivity contribution in [2.75, 3.05) is 6.61 Å². The Bertz CT molecular complexity index is 106. The Morgan fingerprint density at radius 3 is 2.50 bits per heavy atom. The van der Waals surface area contributed by atoms with E-state index in [1.54, 1.807) is 0 Å². The van der Waals surface area contributed by atoms with E-state index < -0.39 is 0 Å². The van der Waals surface area contributed by atoms with Gasteiger partial charge in [0.1, 0.15) is 0 Å². The van der Waals surface area contributed by atoms with E-state index in [2.05, 4.69) is 6.92 Å². The van der Waals surface area contributed by atoms with E-state index in [1.807, 2.05) is 6.92 Å². The summed E-state index contributed by atoms with van der Waals surface area (Å²) >= 11 is 0. The van der Waals surface area contributed by atoms with Crippen molar-refractivity contribution in [3.05, 3.63) is 0 Å². The van der Waals surface area contributed by atoms with Crippen LogP contribution in [0.25, 0.3) is 0 Å². The smallest absolute Gasteiger partial charge is 0.0801 e. The average molecular weight is 143 g/mol. The summed E-state index contributed by atoms with van der Waals surface area (Å²) in [7, 11) is 0. The fraction of sp³-hybridized carbons (Fsp3) is 1.00. The van der Waals surface area contributed by atoms with Crippen LogP contribution in [0.1, 0.15) is 33.1 Å². The van der Waals surface area contributed by atoms with Crippen molar-refractivity contribution in [1.82, 2.24) is 0 Å². The number of hydrogen-bond acceptors (Lipinski definition) is 2. The predicted molar refractivity (Wildman–Crippen MR) is 41.9 cm³/mol. The van der Waals surface area contributed by atoms with Crippen LogP contribution in [-0.4, -0.2) is 18.2 Å². The molecule has 2 nitrogen and oxygen atoms in total. The third-order valence-corrected chi connectivity index (χ3v) is 2.46. The number of hydrogen-bond donors (Lipinski definition) is 1. The van der Waals surface area contributed by atoms with Crippen LogP contribution >= 0.6 is 0 Å². The summed E-state index contributed by atoms with van der Waals surface area (Å²) in [6.07, 6.45) is 3.57. The minimum Gasteiger partial charge on any atom is -0.374 e. The molecule has 1 saturated heterocycles. The zero-order valence-corrected chi connectivity index (χ0v) is 6.89. The molecule has 60 valence electrons. The molecular formula is C8H17NO. The summed E-state index contributed by atoms with van der Waals surface area (Å²) in [6, 6.07) is 0.160. The summed E-state index contributed by atoms with van der Waals surface area (Å²) < 4.78 is 5.60.